The molecule has 1 unspecified atom stereocenters. The molecule has 0 spiro atoms. The smallest absolute Gasteiger partial charge is 0.305 e. The van der Waals surface area contributed by atoms with Gasteiger partial charge in [0.05, 0.1) is 19.1 Å². The molecule has 0 saturated carbocycles. The van der Waals surface area contributed by atoms with Crippen molar-refractivity contribution >= 4 is 38.7 Å². The second kappa shape index (κ2) is 12.7. The van der Waals surface area contributed by atoms with Crippen LogP contribution in [-0.4, -0.2) is 77.6 Å². The molecular weight excluding hydrogens is 494 g/mol. The number of fused-ring (bicyclic) bond motifs is 1. The van der Waals surface area contributed by atoms with Gasteiger partial charge in [0.15, 0.2) is 0 Å². The molecule has 0 aliphatic rings. The highest BCUT2D eigenvalue weighted by Gasteiger charge is 2.26. The third kappa shape index (κ3) is 7.75. The first-order chi connectivity index (χ1) is 17.6. The number of carboxylic acids is 1. The number of aldehydes is 1. The molecule has 0 aliphatic heterocycles. The van der Waals surface area contributed by atoms with Crippen LogP contribution in [0.1, 0.15) is 12.0 Å². The Labute approximate surface area is 217 Å². The van der Waals surface area contributed by atoms with Gasteiger partial charge in [-0.05, 0) is 42.6 Å². The number of benzene rings is 3. The fraction of sp³-hybridized carbons (Fsp3) is 0.333. The van der Waals surface area contributed by atoms with Crippen molar-refractivity contribution < 1.29 is 27.9 Å². The van der Waals surface area contributed by atoms with Crippen LogP contribution in [0.3, 0.4) is 0 Å². The summed E-state index contributed by atoms with van der Waals surface area (Å²) in [4.78, 5) is 26.2. The quantitative estimate of drug-likeness (QED) is 0.308. The molecule has 0 aliphatic carbocycles. The Balaban J connectivity index is 1.88. The van der Waals surface area contributed by atoms with E-state index >= 15 is 0 Å². The van der Waals surface area contributed by atoms with Crippen LogP contribution < -0.4 is 14.4 Å². The Morgan fingerprint density at radius 3 is 2.49 bits per heavy atom. The van der Waals surface area contributed by atoms with Gasteiger partial charge in [0, 0.05) is 38.3 Å². The number of likely N-dealkylation sites (N-methyl/N-ethyl adjacent to an activating group) is 2. The fourth-order valence-electron chi connectivity index (χ4n) is 3.90. The first-order valence-corrected chi connectivity index (χ1v) is 13.4. The summed E-state index contributed by atoms with van der Waals surface area (Å²) in [6.45, 7) is 1.72. The summed E-state index contributed by atoms with van der Waals surface area (Å²) in [6, 6.07) is 17.4. The van der Waals surface area contributed by atoms with Crippen LogP contribution in [0.15, 0.2) is 65.6 Å². The molecule has 198 valence electrons. The molecule has 0 saturated heterocycles. The normalized spacial score (nSPS) is 12.4. The number of anilines is 1. The first kappa shape index (κ1) is 28.1. The van der Waals surface area contributed by atoms with Crippen LogP contribution in [0.5, 0.6) is 5.75 Å². The number of sulfonamides is 1. The summed E-state index contributed by atoms with van der Waals surface area (Å²) in [6.07, 6.45) is 0.159. The molecule has 1 atom stereocenters. The number of carboxylic acid groups (broad SMARTS) is 1. The van der Waals surface area contributed by atoms with Gasteiger partial charge in [-0.3, -0.25) is 4.79 Å². The van der Waals surface area contributed by atoms with Gasteiger partial charge >= 0.3 is 5.97 Å². The van der Waals surface area contributed by atoms with Crippen molar-refractivity contribution in [1.29, 1.82) is 0 Å². The molecule has 10 heteroatoms. The number of nitrogens with one attached hydrogen (secondary N) is 1. The number of hydrogen-bond donors (Lipinski definition) is 2. The highest BCUT2D eigenvalue weighted by atomic mass is 32.2. The predicted molar refractivity (Wildman–Crippen MR) is 144 cm³/mol. The number of nitrogens with zero attached hydrogens (tertiary/aromatic N) is 2. The summed E-state index contributed by atoms with van der Waals surface area (Å²) in [5, 5.41) is 11.2. The van der Waals surface area contributed by atoms with E-state index in [-0.39, 0.29) is 23.5 Å². The number of hydrogen-bond acceptors (Lipinski definition) is 7. The van der Waals surface area contributed by atoms with Crippen LogP contribution in [0.2, 0.25) is 0 Å². The number of ether oxygens (including phenoxy) is 1. The van der Waals surface area contributed by atoms with Crippen molar-refractivity contribution in [1.82, 2.24) is 9.62 Å². The second-order valence-corrected chi connectivity index (χ2v) is 10.7. The van der Waals surface area contributed by atoms with Gasteiger partial charge in [0.25, 0.3) is 0 Å². The van der Waals surface area contributed by atoms with Crippen molar-refractivity contribution in [2.45, 2.75) is 23.8 Å². The van der Waals surface area contributed by atoms with Crippen molar-refractivity contribution in [3.8, 4) is 5.75 Å². The van der Waals surface area contributed by atoms with Crippen LogP contribution in [0, 0.1) is 0 Å². The highest BCUT2D eigenvalue weighted by Crippen LogP contribution is 2.30. The van der Waals surface area contributed by atoms with Crippen molar-refractivity contribution in [3.05, 3.63) is 66.2 Å². The first-order valence-electron chi connectivity index (χ1n) is 11.9. The summed E-state index contributed by atoms with van der Waals surface area (Å²) >= 11 is 0. The molecule has 0 radical (unpaired) electrons. The van der Waals surface area contributed by atoms with E-state index in [0.29, 0.717) is 13.0 Å². The maximum atomic E-state index is 13.1. The average Bonchev–Trinajstić information content (AvgIpc) is 2.86. The zero-order chi connectivity index (χ0) is 27.0. The Bertz CT molecular complexity index is 1340. The summed E-state index contributed by atoms with van der Waals surface area (Å²) in [5.74, 6) is -1.16. The largest absolute Gasteiger partial charge is 0.492 e. The lowest BCUT2D eigenvalue weighted by Crippen LogP contribution is -2.37. The zero-order valence-electron chi connectivity index (χ0n) is 21.3. The SMILES string of the molecule is CN(C)CCN(C)c1ccc(S(=O)(=O)NC(C=O)CC(=O)O)c(OCCc2cccc3ccccc23)c1. The Kier molecular flexibility index (Phi) is 9.62. The van der Waals surface area contributed by atoms with E-state index in [1.807, 2.05) is 73.4 Å². The fourth-order valence-corrected chi connectivity index (χ4v) is 5.19. The minimum atomic E-state index is -4.24. The van der Waals surface area contributed by atoms with Crippen LogP contribution in [0.25, 0.3) is 10.8 Å². The molecule has 2 N–H and O–H groups in total. The van der Waals surface area contributed by atoms with Gasteiger partial charge in [0.1, 0.15) is 16.9 Å². The minimum Gasteiger partial charge on any atom is -0.492 e. The maximum Gasteiger partial charge on any atom is 0.305 e. The van der Waals surface area contributed by atoms with Crippen molar-refractivity contribution in [2.75, 3.05) is 45.7 Å². The molecule has 37 heavy (non-hydrogen) atoms. The van der Waals surface area contributed by atoms with Gasteiger partial charge in [-0.25, -0.2) is 13.1 Å². The Morgan fingerprint density at radius 2 is 1.78 bits per heavy atom. The molecule has 3 aromatic rings. The second-order valence-electron chi connectivity index (χ2n) is 9.05. The van der Waals surface area contributed by atoms with E-state index in [1.165, 1.54) is 6.07 Å². The van der Waals surface area contributed by atoms with Gasteiger partial charge in [-0.15, -0.1) is 0 Å². The van der Waals surface area contributed by atoms with Gasteiger partial charge < -0.3 is 24.4 Å². The van der Waals surface area contributed by atoms with Crippen LogP contribution >= 0.6 is 0 Å². The molecule has 3 rings (SSSR count). The van der Waals surface area contributed by atoms with Crippen molar-refractivity contribution in [3.63, 3.8) is 0 Å². The van der Waals surface area contributed by atoms with E-state index in [4.69, 9.17) is 9.84 Å². The molecule has 0 heterocycles. The van der Waals surface area contributed by atoms with E-state index in [2.05, 4.69) is 4.72 Å². The number of rotatable bonds is 14. The average molecular weight is 528 g/mol. The monoisotopic (exact) mass is 527 g/mol. The molecule has 0 amide bonds. The van der Waals surface area contributed by atoms with E-state index in [1.54, 1.807) is 12.1 Å². The minimum absolute atomic E-state index is 0.127. The molecule has 0 fully saturated rings. The third-order valence-electron chi connectivity index (χ3n) is 5.91. The van der Waals surface area contributed by atoms with Crippen LogP contribution in [0.4, 0.5) is 5.69 Å². The summed E-state index contributed by atoms with van der Waals surface area (Å²) in [5.41, 5.74) is 1.83. The molecule has 0 aromatic heterocycles. The van der Waals surface area contributed by atoms with Gasteiger partial charge in [-0.2, -0.15) is 0 Å². The lowest BCUT2D eigenvalue weighted by atomic mass is 10.0. The van der Waals surface area contributed by atoms with Crippen molar-refractivity contribution in [2.24, 2.45) is 0 Å². The van der Waals surface area contributed by atoms with Gasteiger partial charge in [0.2, 0.25) is 10.0 Å². The predicted octanol–water partition coefficient (Wildman–Crippen LogP) is 2.78. The topological polar surface area (TPSA) is 116 Å². The molecule has 3 aromatic carbocycles. The van der Waals surface area contributed by atoms with E-state index in [0.717, 1.165) is 28.6 Å². The maximum absolute atomic E-state index is 13.1. The molecule has 9 nitrogen and oxygen atoms in total. The third-order valence-corrected chi connectivity index (χ3v) is 7.44. The standard InChI is InChI=1S/C27H33N3O6S/c1-29(2)14-15-30(3)23-11-12-26(37(34,35)28-22(19-31)17-27(32)33)25(18-23)36-16-13-21-9-6-8-20-7-4-5-10-24(20)21/h4-12,18-19,22,28H,13-17H2,1-3H3,(H,32,33). The summed E-state index contributed by atoms with van der Waals surface area (Å²) < 4.78 is 34.5. The number of carbonyl (C=O) groups excluding carboxylic acids is 1. The molecule has 0 bridgehead atoms. The van der Waals surface area contributed by atoms with E-state index in [9.17, 15) is 18.0 Å². The lowest BCUT2D eigenvalue weighted by Gasteiger charge is -2.23. The van der Waals surface area contributed by atoms with Gasteiger partial charge in [-0.1, -0.05) is 42.5 Å². The summed E-state index contributed by atoms with van der Waals surface area (Å²) in [7, 11) is 1.60. The number of aliphatic carboxylic acids is 1. The highest BCUT2D eigenvalue weighted by molar-refractivity contribution is 7.89. The lowest BCUT2D eigenvalue weighted by molar-refractivity contribution is -0.138. The van der Waals surface area contributed by atoms with Crippen LogP contribution in [-0.2, 0) is 26.0 Å². The zero-order valence-corrected chi connectivity index (χ0v) is 22.1. The Morgan fingerprint density at radius 1 is 1.05 bits per heavy atom. The number of carbonyl (C=O) groups is 2. The Hall–Kier alpha value is -3.47. The van der Waals surface area contributed by atoms with E-state index < -0.39 is 28.5 Å². The molecular formula is C27H33N3O6S.